The molecule has 0 spiro atoms. The van der Waals surface area contributed by atoms with Crippen LogP contribution < -0.4 is 0 Å². The Labute approximate surface area is 116 Å². The first-order valence-corrected chi connectivity index (χ1v) is 7.63. The number of benzene rings is 1. The quantitative estimate of drug-likeness (QED) is 0.806. The van der Waals surface area contributed by atoms with Crippen LogP contribution >= 0.6 is 15.9 Å². The highest BCUT2D eigenvalue weighted by atomic mass is 79.9. The Morgan fingerprint density at radius 2 is 2.17 bits per heavy atom. The minimum atomic E-state index is 0.684. The maximum atomic E-state index is 4.54. The van der Waals surface area contributed by atoms with Crippen LogP contribution in [0.5, 0.6) is 0 Å². The molecule has 0 N–H and O–H groups in total. The molecule has 3 heteroatoms. The van der Waals surface area contributed by atoms with E-state index in [2.05, 4.69) is 50.1 Å². The Morgan fingerprint density at radius 3 is 3.06 bits per heavy atom. The SMILES string of the molecule is BrCC1CCCN1Cc1cccc2cccnc12. The van der Waals surface area contributed by atoms with Crippen molar-refractivity contribution in [1.82, 2.24) is 9.88 Å². The average Bonchev–Trinajstić information content (AvgIpc) is 2.86. The van der Waals surface area contributed by atoms with Crippen molar-refractivity contribution in [3.8, 4) is 0 Å². The van der Waals surface area contributed by atoms with Crippen molar-refractivity contribution >= 4 is 26.8 Å². The Bertz CT molecular complexity index is 536. The van der Waals surface area contributed by atoms with E-state index in [1.807, 2.05) is 12.3 Å². The summed E-state index contributed by atoms with van der Waals surface area (Å²) in [4.78, 5) is 7.10. The third-order valence-corrected chi connectivity index (χ3v) is 4.51. The van der Waals surface area contributed by atoms with E-state index in [4.69, 9.17) is 0 Å². The van der Waals surface area contributed by atoms with Crippen molar-refractivity contribution in [3.05, 3.63) is 42.1 Å². The lowest BCUT2D eigenvalue weighted by Gasteiger charge is -2.23. The van der Waals surface area contributed by atoms with Gasteiger partial charge in [0.1, 0.15) is 0 Å². The molecule has 2 nitrogen and oxygen atoms in total. The first kappa shape index (κ1) is 12.1. The smallest absolute Gasteiger partial charge is 0.0746 e. The van der Waals surface area contributed by atoms with Gasteiger partial charge in [0.2, 0.25) is 0 Å². The number of likely N-dealkylation sites (tertiary alicyclic amines) is 1. The van der Waals surface area contributed by atoms with Gasteiger partial charge in [-0.1, -0.05) is 40.2 Å². The molecule has 1 fully saturated rings. The van der Waals surface area contributed by atoms with Crippen LogP contribution in [0.1, 0.15) is 18.4 Å². The second-order valence-corrected chi connectivity index (χ2v) is 5.56. The Hall–Kier alpha value is -0.930. The van der Waals surface area contributed by atoms with E-state index < -0.39 is 0 Å². The number of alkyl halides is 1. The molecule has 0 saturated carbocycles. The lowest BCUT2D eigenvalue weighted by molar-refractivity contribution is 0.266. The lowest BCUT2D eigenvalue weighted by atomic mass is 10.1. The zero-order valence-electron chi connectivity index (χ0n) is 10.3. The van der Waals surface area contributed by atoms with Crippen molar-refractivity contribution in [3.63, 3.8) is 0 Å². The molecule has 18 heavy (non-hydrogen) atoms. The number of halogens is 1. The summed E-state index contributed by atoms with van der Waals surface area (Å²) < 4.78 is 0. The molecule has 2 aromatic rings. The molecule has 3 rings (SSSR count). The van der Waals surface area contributed by atoms with Crippen LogP contribution in [0.25, 0.3) is 10.9 Å². The van der Waals surface area contributed by atoms with Crippen LogP contribution in [0, 0.1) is 0 Å². The van der Waals surface area contributed by atoms with Crippen molar-refractivity contribution in [2.75, 3.05) is 11.9 Å². The van der Waals surface area contributed by atoms with Gasteiger partial charge in [0.05, 0.1) is 5.52 Å². The van der Waals surface area contributed by atoms with Gasteiger partial charge >= 0.3 is 0 Å². The van der Waals surface area contributed by atoms with Crippen LogP contribution in [0.15, 0.2) is 36.5 Å². The first-order chi connectivity index (χ1) is 8.88. The number of rotatable bonds is 3. The summed E-state index contributed by atoms with van der Waals surface area (Å²) in [5.74, 6) is 0. The van der Waals surface area contributed by atoms with Crippen molar-refractivity contribution in [2.24, 2.45) is 0 Å². The third kappa shape index (κ3) is 2.29. The number of pyridine rings is 1. The van der Waals surface area contributed by atoms with Crippen LogP contribution in [0.4, 0.5) is 0 Å². The molecule has 1 aliphatic heterocycles. The highest BCUT2D eigenvalue weighted by Gasteiger charge is 2.23. The normalized spacial score (nSPS) is 20.6. The predicted octanol–water partition coefficient (Wildman–Crippen LogP) is 3.59. The molecular weight excluding hydrogens is 288 g/mol. The number of hydrogen-bond donors (Lipinski definition) is 0. The monoisotopic (exact) mass is 304 g/mol. The topological polar surface area (TPSA) is 16.1 Å². The van der Waals surface area contributed by atoms with Gasteiger partial charge in [0, 0.05) is 29.5 Å². The van der Waals surface area contributed by atoms with E-state index in [0.29, 0.717) is 6.04 Å². The van der Waals surface area contributed by atoms with Crippen LogP contribution in [-0.2, 0) is 6.54 Å². The third-order valence-electron chi connectivity index (χ3n) is 3.77. The second kappa shape index (κ2) is 5.37. The van der Waals surface area contributed by atoms with Gasteiger partial charge in [-0.25, -0.2) is 0 Å². The minimum Gasteiger partial charge on any atom is -0.295 e. The minimum absolute atomic E-state index is 0.684. The molecule has 0 bridgehead atoms. The molecule has 0 radical (unpaired) electrons. The molecule has 1 saturated heterocycles. The summed E-state index contributed by atoms with van der Waals surface area (Å²) in [7, 11) is 0. The summed E-state index contributed by atoms with van der Waals surface area (Å²) in [6.45, 7) is 2.23. The second-order valence-electron chi connectivity index (χ2n) is 4.91. The van der Waals surface area contributed by atoms with E-state index >= 15 is 0 Å². The van der Waals surface area contributed by atoms with Crippen molar-refractivity contribution in [1.29, 1.82) is 0 Å². The van der Waals surface area contributed by atoms with E-state index in [9.17, 15) is 0 Å². The highest BCUT2D eigenvalue weighted by Crippen LogP contribution is 2.24. The number of para-hydroxylation sites is 1. The fourth-order valence-electron chi connectivity index (χ4n) is 2.79. The molecule has 0 aliphatic carbocycles. The van der Waals surface area contributed by atoms with Gasteiger partial charge in [0.25, 0.3) is 0 Å². The predicted molar refractivity (Wildman–Crippen MR) is 79.0 cm³/mol. The summed E-state index contributed by atoms with van der Waals surface area (Å²) >= 11 is 3.62. The lowest BCUT2D eigenvalue weighted by Crippen LogP contribution is -2.30. The molecule has 2 heterocycles. The molecule has 94 valence electrons. The fraction of sp³-hybridized carbons (Fsp3) is 0.400. The molecule has 1 aliphatic rings. The number of hydrogen-bond acceptors (Lipinski definition) is 2. The largest absolute Gasteiger partial charge is 0.295 e. The van der Waals surface area contributed by atoms with Crippen molar-refractivity contribution < 1.29 is 0 Å². The molecule has 1 unspecified atom stereocenters. The van der Waals surface area contributed by atoms with Crippen LogP contribution in [0.3, 0.4) is 0 Å². The zero-order valence-corrected chi connectivity index (χ0v) is 11.9. The fourth-order valence-corrected chi connectivity index (χ4v) is 3.53. The van der Waals surface area contributed by atoms with Crippen LogP contribution in [-0.4, -0.2) is 27.8 Å². The maximum absolute atomic E-state index is 4.54. The van der Waals surface area contributed by atoms with Crippen LogP contribution in [0.2, 0.25) is 0 Å². The van der Waals surface area contributed by atoms with E-state index in [-0.39, 0.29) is 0 Å². The van der Waals surface area contributed by atoms with Crippen molar-refractivity contribution in [2.45, 2.75) is 25.4 Å². The Morgan fingerprint density at radius 1 is 1.28 bits per heavy atom. The van der Waals surface area contributed by atoms with E-state index in [1.165, 1.54) is 30.3 Å². The summed E-state index contributed by atoms with van der Waals surface area (Å²) in [5, 5.41) is 2.31. The van der Waals surface area contributed by atoms with Gasteiger partial charge < -0.3 is 0 Å². The summed E-state index contributed by atoms with van der Waals surface area (Å²) in [6.07, 6.45) is 4.51. The summed E-state index contributed by atoms with van der Waals surface area (Å²) in [5.41, 5.74) is 2.50. The van der Waals surface area contributed by atoms with Gasteiger partial charge in [0.15, 0.2) is 0 Å². The molecule has 1 aromatic carbocycles. The van der Waals surface area contributed by atoms with Gasteiger partial charge in [-0.05, 0) is 31.0 Å². The summed E-state index contributed by atoms with van der Waals surface area (Å²) in [6, 6.07) is 11.3. The zero-order chi connectivity index (χ0) is 12.4. The maximum Gasteiger partial charge on any atom is 0.0746 e. The van der Waals surface area contributed by atoms with E-state index in [1.54, 1.807) is 0 Å². The molecule has 1 atom stereocenters. The standard InChI is InChI=1S/C15H17BrN2/c16-10-14-7-3-9-18(14)11-13-5-1-4-12-6-2-8-17-15(12)13/h1-2,4-6,8,14H,3,7,9-11H2. The molecule has 1 aromatic heterocycles. The Kier molecular flexibility index (Phi) is 3.62. The number of fused-ring (bicyclic) bond motifs is 1. The number of aromatic nitrogens is 1. The first-order valence-electron chi connectivity index (χ1n) is 6.51. The molecular formula is C15H17BrN2. The van der Waals surface area contributed by atoms with Gasteiger partial charge in [-0.3, -0.25) is 9.88 Å². The highest BCUT2D eigenvalue weighted by molar-refractivity contribution is 9.09. The molecule has 0 amide bonds. The van der Waals surface area contributed by atoms with Gasteiger partial charge in [-0.15, -0.1) is 0 Å². The van der Waals surface area contributed by atoms with Gasteiger partial charge in [-0.2, -0.15) is 0 Å². The number of nitrogens with zero attached hydrogens (tertiary/aromatic N) is 2. The Balaban J connectivity index is 1.90. The average molecular weight is 305 g/mol. The van der Waals surface area contributed by atoms with E-state index in [0.717, 1.165) is 17.4 Å².